The van der Waals surface area contributed by atoms with Gasteiger partial charge in [0.25, 0.3) is 0 Å². The summed E-state index contributed by atoms with van der Waals surface area (Å²) in [7, 11) is 0. The predicted octanol–water partition coefficient (Wildman–Crippen LogP) is 4.95. The molecule has 0 aliphatic heterocycles. The van der Waals surface area contributed by atoms with E-state index < -0.39 is 0 Å². The van der Waals surface area contributed by atoms with E-state index in [-0.39, 0.29) is 0 Å². The molecule has 1 heteroatoms. The second-order valence-electron chi connectivity index (χ2n) is 6.20. The minimum atomic E-state index is 0.395. The molecular weight excluding hydrogens is 228 g/mol. The van der Waals surface area contributed by atoms with E-state index in [1.165, 1.54) is 42.4 Å². The Morgan fingerprint density at radius 1 is 1.24 bits per heavy atom. The Morgan fingerprint density at radius 3 is 2.29 bits per heavy atom. The summed E-state index contributed by atoms with van der Waals surface area (Å²) in [6, 6.07) is 4.61. The highest BCUT2D eigenvalue weighted by molar-refractivity contribution is 6.20. The molecule has 1 aromatic rings. The van der Waals surface area contributed by atoms with Gasteiger partial charge in [-0.05, 0) is 68.6 Å². The first-order valence-corrected chi connectivity index (χ1v) is 7.04. The molecule has 0 bridgehead atoms. The fourth-order valence-corrected chi connectivity index (χ4v) is 3.80. The molecule has 0 spiro atoms. The van der Waals surface area contributed by atoms with Gasteiger partial charge >= 0.3 is 0 Å². The molecule has 2 rings (SSSR count). The summed E-state index contributed by atoms with van der Waals surface area (Å²) in [5, 5.41) is 0.395. The van der Waals surface area contributed by atoms with Gasteiger partial charge in [0.05, 0.1) is 0 Å². The van der Waals surface area contributed by atoms with E-state index in [2.05, 4.69) is 39.8 Å². The average Bonchev–Trinajstić information content (AvgIpc) is 2.53. The minimum absolute atomic E-state index is 0.395. The van der Waals surface area contributed by atoms with Crippen LogP contribution >= 0.6 is 11.6 Å². The van der Waals surface area contributed by atoms with E-state index in [0.29, 0.717) is 10.8 Å². The van der Waals surface area contributed by atoms with Crippen LogP contribution in [0.25, 0.3) is 0 Å². The molecule has 0 radical (unpaired) electrons. The maximum Gasteiger partial charge on any atom is 0.0341 e. The van der Waals surface area contributed by atoms with Gasteiger partial charge in [-0.15, -0.1) is 11.6 Å². The van der Waals surface area contributed by atoms with Crippen molar-refractivity contribution in [2.45, 2.75) is 58.8 Å². The zero-order valence-corrected chi connectivity index (χ0v) is 12.2. The summed E-state index contributed by atoms with van der Waals surface area (Å²) >= 11 is 6.27. The van der Waals surface area contributed by atoms with Gasteiger partial charge in [-0.1, -0.05) is 24.6 Å². The van der Waals surface area contributed by atoms with Gasteiger partial charge in [0.2, 0.25) is 0 Å². The van der Waals surface area contributed by atoms with Crippen molar-refractivity contribution < 1.29 is 0 Å². The lowest BCUT2D eigenvalue weighted by Crippen LogP contribution is -2.17. The molecular formula is C16H23Cl. The first kappa shape index (κ1) is 13.0. The maximum absolute atomic E-state index is 6.27. The van der Waals surface area contributed by atoms with E-state index in [9.17, 15) is 0 Å². The van der Waals surface area contributed by atoms with E-state index >= 15 is 0 Å². The van der Waals surface area contributed by atoms with Crippen LogP contribution in [0.15, 0.2) is 12.1 Å². The standard InChI is InChI=1S/C16H23Cl/c1-11-7-12(2)15(13(3)8-11)10-16(4)6-5-14(17)9-16/h7-8,14H,5-6,9-10H2,1-4H3. The molecule has 0 heterocycles. The maximum atomic E-state index is 6.27. The quantitative estimate of drug-likeness (QED) is 0.652. The minimum Gasteiger partial charge on any atom is -0.123 e. The van der Waals surface area contributed by atoms with Crippen LogP contribution in [0, 0.1) is 26.2 Å². The lowest BCUT2D eigenvalue weighted by atomic mass is 9.79. The van der Waals surface area contributed by atoms with E-state index in [4.69, 9.17) is 11.6 Å². The third-order valence-electron chi connectivity index (χ3n) is 4.22. The summed E-state index contributed by atoms with van der Waals surface area (Å²) in [6.07, 6.45) is 4.81. The molecule has 1 fully saturated rings. The second kappa shape index (κ2) is 4.65. The van der Waals surface area contributed by atoms with Crippen LogP contribution in [0.3, 0.4) is 0 Å². The van der Waals surface area contributed by atoms with Gasteiger partial charge in [-0.3, -0.25) is 0 Å². The van der Waals surface area contributed by atoms with Gasteiger partial charge < -0.3 is 0 Å². The molecule has 0 N–H and O–H groups in total. The van der Waals surface area contributed by atoms with Gasteiger partial charge in [0.15, 0.2) is 0 Å². The van der Waals surface area contributed by atoms with Crippen molar-refractivity contribution in [3.63, 3.8) is 0 Å². The van der Waals surface area contributed by atoms with Crippen LogP contribution in [-0.4, -0.2) is 5.38 Å². The highest BCUT2D eigenvalue weighted by Gasteiger charge is 2.34. The molecule has 94 valence electrons. The van der Waals surface area contributed by atoms with Crippen molar-refractivity contribution in [3.05, 3.63) is 34.4 Å². The monoisotopic (exact) mass is 250 g/mol. The highest BCUT2D eigenvalue weighted by Crippen LogP contribution is 2.43. The Kier molecular flexibility index (Phi) is 3.54. The number of alkyl halides is 1. The number of benzene rings is 1. The van der Waals surface area contributed by atoms with Crippen molar-refractivity contribution in [1.29, 1.82) is 0 Å². The fraction of sp³-hybridized carbons (Fsp3) is 0.625. The summed E-state index contributed by atoms with van der Waals surface area (Å²) < 4.78 is 0. The SMILES string of the molecule is Cc1cc(C)c(CC2(C)CCC(Cl)C2)c(C)c1. The molecule has 0 nitrogen and oxygen atoms in total. The Balaban J connectivity index is 2.24. The van der Waals surface area contributed by atoms with E-state index in [1.54, 1.807) is 5.56 Å². The van der Waals surface area contributed by atoms with Crippen molar-refractivity contribution in [3.8, 4) is 0 Å². The molecule has 17 heavy (non-hydrogen) atoms. The lowest BCUT2D eigenvalue weighted by Gasteiger charge is -2.26. The average molecular weight is 251 g/mol. The molecule has 2 atom stereocenters. The van der Waals surface area contributed by atoms with Crippen molar-refractivity contribution in [2.24, 2.45) is 5.41 Å². The first-order valence-electron chi connectivity index (χ1n) is 6.60. The molecule has 1 aromatic carbocycles. The zero-order chi connectivity index (χ0) is 12.6. The van der Waals surface area contributed by atoms with Gasteiger partial charge in [0.1, 0.15) is 0 Å². The topological polar surface area (TPSA) is 0 Å². The Morgan fingerprint density at radius 2 is 1.82 bits per heavy atom. The van der Waals surface area contributed by atoms with Crippen molar-refractivity contribution in [1.82, 2.24) is 0 Å². The van der Waals surface area contributed by atoms with Crippen molar-refractivity contribution >= 4 is 11.6 Å². The summed E-state index contributed by atoms with van der Waals surface area (Å²) in [4.78, 5) is 0. The second-order valence-corrected chi connectivity index (χ2v) is 6.82. The number of hydrogen-bond acceptors (Lipinski definition) is 0. The van der Waals surface area contributed by atoms with E-state index in [1.807, 2.05) is 0 Å². The van der Waals surface area contributed by atoms with Gasteiger partial charge in [-0.2, -0.15) is 0 Å². The Hall–Kier alpha value is -0.490. The first-order chi connectivity index (χ1) is 7.89. The normalized spacial score (nSPS) is 28.6. The molecule has 1 aliphatic carbocycles. The predicted molar refractivity (Wildman–Crippen MR) is 76.0 cm³/mol. The summed E-state index contributed by atoms with van der Waals surface area (Å²) in [6.45, 7) is 9.06. The lowest BCUT2D eigenvalue weighted by molar-refractivity contribution is 0.334. The number of aryl methyl sites for hydroxylation is 3. The van der Waals surface area contributed by atoms with Gasteiger partial charge in [0, 0.05) is 5.38 Å². The Labute approximate surface area is 110 Å². The molecule has 0 aromatic heterocycles. The summed E-state index contributed by atoms with van der Waals surface area (Å²) in [5.74, 6) is 0. The van der Waals surface area contributed by atoms with Crippen LogP contribution in [0.4, 0.5) is 0 Å². The van der Waals surface area contributed by atoms with Crippen LogP contribution in [0.1, 0.15) is 48.4 Å². The van der Waals surface area contributed by atoms with Crippen molar-refractivity contribution in [2.75, 3.05) is 0 Å². The molecule has 1 aliphatic rings. The van der Waals surface area contributed by atoms with Crippen LogP contribution < -0.4 is 0 Å². The number of halogens is 1. The number of hydrogen-bond donors (Lipinski definition) is 0. The third-order valence-corrected chi connectivity index (χ3v) is 4.59. The fourth-order valence-electron chi connectivity index (χ4n) is 3.32. The smallest absolute Gasteiger partial charge is 0.0341 e. The Bertz CT molecular complexity index is 399. The third kappa shape index (κ3) is 2.85. The zero-order valence-electron chi connectivity index (χ0n) is 11.4. The van der Waals surface area contributed by atoms with Crippen LogP contribution in [0.5, 0.6) is 0 Å². The molecule has 1 saturated carbocycles. The van der Waals surface area contributed by atoms with E-state index in [0.717, 1.165) is 0 Å². The van der Waals surface area contributed by atoms with Crippen LogP contribution in [-0.2, 0) is 6.42 Å². The van der Waals surface area contributed by atoms with Gasteiger partial charge in [-0.25, -0.2) is 0 Å². The largest absolute Gasteiger partial charge is 0.123 e. The molecule has 0 amide bonds. The molecule has 0 saturated heterocycles. The van der Waals surface area contributed by atoms with Crippen LogP contribution in [0.2, 0.25) is 0 Å². The summed E-state index contributed by atoms with van der Waals surface area (Å²) in [5.41, 5.74) is 6.22. The molecule has 2 unspecified atom stereocenters. The highest BCUT2D eigenvalue weighted by atomic mass is 35.5. The number of rotatable bonds is 2.